The van der Waals surface area contributed by atoms with Gasteiger partial charge in [-0.2, -0.15) is 13.2 Å². The zero-order chi connectivity index (χ0) is 24.6. The van der Waals surface area contributed by atoms with Gasteiger partial charge < -0.3 is 19.2 Å². The maximum Gasteiger partial charge on any atom is 0.422 e. The molecule has 3 aromatic rings. The number of carbonyl (C=O) groups is 1. The molecule has 0 radical (unpaired) electrons. The number of nitrogens with zero attached hydrogens (tertiary/aromatic N) is 2. The van der Waals surface area contributed by atoms with E-state index in [0.29, 0.717) is 5.52 Å². The zero-order valence-corrected chi connectivity index (χ0v) is 18.7. The number of rotatable bonds is 6. The smallest absolute Gasteiger partial charge is 0.422 e. The van der Waals surface area contributed by atoms with Crippen LogP contribution in [0, 0.1) is 0 Å². The van der Waals surface area contributed by atoms with E-state index in [9.17, 15) is 26.4 Å². The highest BCUT2D eigenvalue weighted by Crippen LogP contribution is 2.32. The van der Waals surface area contributed by atoms with E-state index in [0.717, 1.165) is 0 Å². The van der Waals surface area contributed by atoms with Crippen LogP contribution in [0.15, 0.2) is 40.9 Å². The number of pyridine rings is 1. The highest BCUT2D eigenvalue weighted by atomic mass is 32.2. The summed E-state index contributed by atoms with van der Waals surface area (Å²) in [7, 11) is -3.09. The number of sulfone groups is 1. The lowest BCUT2D eigenvalue weighted by atomic mass is 9.95. The third-order valence-corrected chi connectivity index (χ3v) is 6.89. The van der Waals surface area contributed by atoms with Gasteiger partial charge in [-0.25, -0.2) is 18.4 Å². The predicted molar refractivity (Wildman–Crippen MR) is 114 cm³/mol. The fourth-order valence-electron chi connectivity index (χ4n) is 3.34. The van der Waals surface area contributed by atoms with Gasteiger partial charge in [0.2, 0.25) is 0 Å². The van der Waals surface area contributed by atoms with E-state index in [4.69, 9.17) is 13.9 Å². The van der Waals surface area contributed by atoms with Gasteiger partial charge in [-0.05, 0) is 44.0 Å². The third kappa shape index (κ3) is 5.76. The number of alkyl halides is 3. The minimum atomic E-state index is -4.52. The second-order valence-electron chi connectivity index (χ2n) is 8.13. The van der Waals surface area contributed by atoms with Crippen LogP contribution >= 0.6 is 0 Å². The van der Waals surface area contributed by atoms with Crippen molar-refractivity contribution in [2.24, 2.45) is 0 Å². The molecule has 0 unspecified atom stereocenters. The molecule has 0 spiro atoms. The van der Waals surface area contributed by atoms with Crippen LogP contribution in [-0.4, -0.2) is 54.1 Å². The summed E-state index contributed by atoms with van der Waals surface area (Å²) in [5.41, 5.74) is -0.153. The van der Waals surface area contributed by atoms with Crippen molar-refractivity contribution in [3.8, 4) is 17.4 Å². The van der Waals surface area contributed by atoms with Crippen molar-refractivity contribution in [2.75, 3.05) is 18.1 Å². The molecule has 0 aliphatic carbocycles. The van der Waals surface area contributed by atoms with Crippen LogP contribution in [0.3, 0.4) is 0 Å². The summed E-state index contributed by atoms with van der Waals surface area (Å²) in [6.45, 7) is 0.263. The minimum absolute atomic E-state index is 0.0137. The summed E-state index contributed by atoms with van der Waals surface area (Å²) in [6, 6.07) is 7.11. The number of fused-ring (bicyclic) bond motifs is 1. The molecule has 0 atom stereocenters. The summed E-state index contributed by atoms with van der Waals surface area (Å²) in [6.07, 6.45) is -2.63. The molecule has 1 amide bonds. The Morgan fingerprint density at radius 3 is 2.68 bits per heavy atom. The number of hydrogen-bond acceptors (Lipinski definition) is 8. The number of amides is 1. The van der Waals surface area contributed by atoms with E-state index < -0.39 is 34.1 Å². The lowest BCUT2D eigenvalue weighted by molar-refractivity contribution is -0.153. The summed E-state index contributed by atoms with van der Waals surface area (Å²) in [4.78, 5) is 20.7. The van der Waals surface area contributed by atoms with Crippen LogP contribution in [0.4, 0.5) is 13.2 Å². The number of hydrogen-bond donors (Lipinski definition) is 1. The molecular formula is C21H20F3N3O6S. The van der Waals surface area contributed by atoms with E-state index in [-0.39, 0.29) is 53.2 Å². The maximum atomic E-state index is 12.7. The van der Waals surface area contributed by atoms with Crippen LogP contribution in [0.5, 0.6) is 17.4 Å². The van der Waals surface area contributed by atoms with Gasteiger partial charge in [-0.15, -0.1) is 0 Å². The molecule has 4 rings (SSSR count). The highest BCUT2D eigenvalue weighted by Gasteiger charge is 2.35. The van der Waals surface area contributed by atoms with Gasteiger partial charge in [0.15, 0.2) is 17.9 Å². The first kappa shape index (κ1) is 23.8. The average molecular weight is 499 g/mol. The normalized spacial score (nSPS) is 17.3. The van der Waals surface area contributed by atoms with E-state index in [1.165, 1.54) is 36.5 Å². The molecule has 182 valence electrons. The molecule has 1 saturated heterocycles. The fraction of sp³-hybridized carbons (Fsp3) is 0.381. The number of carbonyl (C=O) groups excluding carboxylic acids is 1. The Kier molecular flexibility index (Phi) is 6.14. The van der Waals surface area contributed by atoms with E-state index >= 15 is 0 Å². The Labute approximate surface area is 192 Å². The molecule has 9 nitrogen and oxygen atoms in total. The van der Waals surface area contributed by atoms with Gasteiger partial charge in [0, 0.05) is 17.8 Å². The Balaban J connectivity index is 1.48. The standard InChI is InChI=1S/C21H20F3N3O6S/c1-20(6-9-34(29,30)10-7-20)27-17(28)19-26-14-5-4-13(11-16(14)33-19)32-18-15(3-2-8-25-18)31-12-21(22,23)24/h2-5,8,11H,6-7,9-10,12H2,1H3,(H,27,28). The van der Waals surface area contributed by atoms with Crippen LogP contribution in [0.25, 0.3) is 11.1 Å². The first-order chi connectivity index (χ1) is 15.9. The Bertz CT molecular complexity index is 1310. The van der Waals surface area contributed by atoms with Crippen molar-refractivity contribution in [2.45, 2.75) is 31.5 Å². The van der Waals surface area contributed by atoms with E-state index in [1.807, 2.05) is 0 Å². The minimum Gasteiger partial charge on any atom is -0.478 e. The first-order valence-corrected chi connectivity index (χ1v) is 12.0. The van der Waals surface area contributed by atoms with Crippen molar-refractivity contribution in [3.05, 3.63) is 42.4 Å². The van der Waals surface area contributed by atoms with Crippen LogP contribution in [0.1, 0.15) is 30.5 Å². The molecular weight excluding hydrogens is 479 g/mol. The van der Waals surface area contributed by atoms with Gasteiger partial charge >= 0.3 is 12.1 Å². The summed E-state index contributed by atoms with van der Waals surface area (Å²) in [5.74, 6) is -1.03. The fourth-order valence-corrected chi connectivity index (χ4v) is 5.07. The highest BCUT2D eigenvalue weighted by molar-refractivity contribution is 7.91. The second-order valence-corrected chi connectivity index (χ2v) is 10.4. The molecule has 13 heteroatoms. The topological polar surface area (TPSA) is 121 Å². The molecule has 1 aliphatic heterocycles. The van der Waals surface area contributed by atoms with Crippen molar-refractivity contribution in [1.29, 1.82) is 0 Å². The SMILES string of the molecule is CC1(NC(=O)c2nc3ccc(Oc4ncccc4OCC(F)(F)F)cc3o2)CCS(=O)(=O)CC1. The molecule has 3 heterocycles. The summed E-state index contributed by atoms with van der Waals surface area (Å²) < 4.78 is 76.6. The lowest BCUT2D eigenvalue weighted by Gasteiger charge is -2.33. The average Bonchev–Trinajstić information content (AvgIpc) is 3.19. The number of nitrogens with one attached hydrogen (secondary N) is 1. The first-order valence-electron chi connectivity index (χ1n) is 10.2. The quantitative estimate of drug-likeness (QED) is 0.546. The van der Waals surface area contributed by atoms with E-state index in [1.54, 1.807) is 6.92 Å². The molecule has 1 fully saturated rings. The van der Waals surface area contributed by atoms with Crippen LogP contribution in [0.2, 0.25) is 0 Å². The van der Waals surface area contributed by atoms with Gasteiger partial charge in [-0.1, -0.05) is 0 Å². The molecule has 1 aliphatic rings. The number of halogens is 3. The monoisotopic (exact) mass is 499 g/mol. The Morgan fingerprint density at radius 1 is 1.24 bits per heavy atom. The zero-order valence-electron chi connectivity index (χ0n) is 17.9. The number of ether oxygens (including phenoxy) is 2. The molecule has 0 saturated carbocycles. The van der Waals surface area contributed by atoms with Gasteiger partial charge in [0.25, 0.3) is 11.8 Å². The summed E-state index contributed by atoms with van der Waals surface area (Å²) >= 11 is 0. The summed E-state index contributed by atoms with van der Waals surface area (Å²) in [5, 5.41) is 2.79. The lowest BCUT2D eigenvalue weighted by Crippen LogP contribution is -2.51. The Morgan fingerprint density at radius 2 is 1.97 bits per heavy atom. The molecule has 1 aromatic carbocycles. The van der Waals surface area contributed by atoms with Crippen molar-refractivity contribution < 1.29 is 40.3 Å². The van der Waals surface area contributed by atoms with Crippen LogP contribution < -0.4 is 14.8 Å². The van der Waals surface area contributed by atoms with Crippen LogP contribution in [-0.2, 0) is 9.84 Å². The molecule has 2 aromatic heterocycles. The van der Waals surface area contributed by atoms with Crippen molar-refractivity contribution in [1.82, 2.24) is 15.3 Å². The van der Waals surface area contributed by atoms with Gasteiger partial charge in [-0.3, -0.25) is 4.79 Å². The van der Waals surface area contributed by atoms with E-state index in [2.05, 4.69) is 15.3 Å². The molecule has 0 bridgehead atoms. The maximum absolute atomic E-state index is 12.7. The number of oxazole rings is 1. The largest absolute Gasteiger partial charge is 0.478 e. The third-order valence-electron chi connectivity index (χ3n) is 5.24. The number of benzene rings is 1. The number of aromatic nitrogens is 2. The molecule has 34 heavy (non-hydrogen) atoms. The van der Waals surface area contributed by atoms with Gasteiger partial charge in [0.1, 0.15) is 21.1 Å². The second kappa shape index (κ2) is 8.78. The van der Waals surface area contributed by atoms with Crippen molar-refractivity contribution >= 4 is 26.8 Å². The molecule has 1 N–H and O–H groups in total. The Hall–Kier alpha value is -3.35. The van der Waals surface area contributed by atoms with Gasteiger partial charge in [0.05, 0.1) is 11.5 Å². The van der Waals surface area contributed by atoms with Crippen molar-refractivity contribution in [3.63, 3.8) is 0 Å². The predicted octanol–water partition coefficient (Wildman–Crippen LogP) is 3.65.